The van der Waals surface area contributed by atoms with Crippen LogP contribution in [0.4, 0.5) is 5.69 Å². The molecule has 0 fully saturated rings. The Hall–Kier alpha value is -2.87. The van der Waals surface area contributed by atoms with E-state index in [2.05, 4.69) is 20.5 Å². The van der Waals surface area contributed by atoms with Crippen molar-refractivity contribution >= 4 is 23.4 Å². The summed E-state index contributed by atoms with van der Waals surface area (Å²) in [5.41, 5.74) is 2.66. The van der Waals surface area contributed by atoms with Crippen molar-refractivity contribution in [1.29, 1.82) is 0 Å². The Balaban J connectivity index is 1.69. The number of ether oxygens (including phenoxy) is 1. The standard InChI is InChI=1S/C19H21N5O2S/c1-4-24-18(14-7-9-20-10-8-14)22-23-19(24)27-12-17(25)21-15-11-13(2)5-6-16(15)26-3/h5-11H,4,12H2,1-3H3,(H,21,25). The van der Waals surface area contributed by atoms with Gasteiger partial charge in [0.15, 0.2) is 11.0 Å². The highest BCUT2D eigenvalue weighted by molar-refractivity contribution is 7.99. The molecular weight excluding hydrogens is 362 g/mol. The average Bonchev–Trinajstić information content (AvgIpc) is 3.10. The minimum Gasteiger partial charge on any atom is -0.495 e. The third-order valence-corrected chi connectivity index (χ3v) is 4.90. The molecule has 0 spiro atoms. The van der Waals surface area contributed by atoms with E-state index in [0.29, 0.717) is 23.1 Å². The highest BCUT2D eigenvalue weighted by atomic mass is 32.2. The molecule has 2 heterocycles. The van der Waals surface area contributed by atoms with E-state index in [4.69, 9.17) is 4.74 Å². The number of nitrogens with one attached hydrogen (secondary N) is 1. The second-order valence-corrected chi connectivity index (χ2v) is 6.77. The van der Waals surface area contributed by atoms with Gasteiger partial charge in [-0.3, -0.25) is 9.78 Å². The van der Waals surface area contributed by atoms with E-state index in [9.17, 15) is 4.79 Å². The van der Waals surface area contributed by atoms with Crippen LogP contribution >= 0.6 is 11.8 Å². The van der Waals surface area contributed by atoms with Gasteiger partial charge in [-0.2, -0.15) is 0 Å². The third-order valence-electron chi connectivity index (χ3n) is 3.93. The van der Waals surface area contributed by atoms with Crippen molar-refractivity contribution < 1.29 is 9.53 Å². The van der Waals surface area contributed by atoms with Crippen LogP contribution in [0.2, 0.25) is 0 Å². The molecule has 1 aromatic carbocycles. The quantitative estimate of drug-likeness (QED) is 0.630. The fourth-order valence-electron chi connectivity index (χ4n) is 2.63. The summed E-state index contributed by atoms with van der Waals surface area (Å²) in [4.78, 5) is 16.4. The molecule has 140 valence electrons. The van der Waals surface area contributed by atoms with E-state index in [0.717, 1.165) is 17.0 Å². The predicted molar refractivity (Wildman–Crippen MR) is 106 cm³/mol. The summed E-state index contributed by atoms with van der Waals surface area (Å²) in [6.07, 6.45) is 3.44. The number of pyridine rings is 1. The number of carbonyl (C=O) groups is 1. The van der Waals surface area contributed by atoms with Gasteiger partial charge >= 0.3 is 0 Å². The minimum atomic E-state index is -0.125. The lowest BCUT2D eigenvalue weighted by atomic mass is 10.2. The molecule has 0 aliphatic heterocycles. The van der Waals surface area contributed by atoms with Crippen molar-refractivity contribution in [3.63, 3.8) is 0 Å². The SMILES string of the molecule is CCn1c(SCC(=O)Nc2cc(C)ccc2OC)nnc1-c1ccncc1. The number of nitrogens with zero attached hydrogens (tertiary/aromatic N) is 4. The van der Waals surface area contributed by atoms with Gasteiger partial charge < -0.3 is 14.6 Å². The summed E-state index contributed by atoms with van der Waals surface area (Å²) in [5, 5.41) is 12.1. The number of benzene rings is 1. The molecular formula is C19H21N5O2S. The van der Waals surface area contributed by atoms with Gasteiger partial charge in [0.2, 0.25) is 5.91 Å². The van der Waals surface area contributed by atoms with Crippen LogP contribution in [0.3, 0.4) is 0 Å². The highest BCUT2D eigenvalue weighted by Gasteiger charge is 2.15. The number of hydrogen-bond acceptors (Lipinski definition) is 6. The molecule has 0 bridgehead atoms. The zero-order valence-electron chi connectivity index (χ0n) is 15.5. The molecule has 0 aliphatic rings. The number of thioether (sulfide) groups is 1. The first kappa shape index (κ1) is 18.9. The minimum absolute atomic E-state index is 0.125. The number of methoxy groups -OCH3 is 1. The first-order valence-corrected chi connectivity index (χ1v) is 9.51. The predicted octanol–water partition coefficient (Wildman–Crippen LogP) is 3.41. The van der Waals surface area contributed by atoms with Gasteiger partial charge in [-0.25, -0.2) is 0 Å². The second kappa shape index (κ2) is 8.68. The van der Waals surface area contributed by atoms with E-state index < -0.39 is 0 Å². The molecule has 0 aliphatic carbocycles. The number of amides is 1. The van der Waals surface area contributed by atoms with Crippen molar-refractivity contribution in [1.82, 2.24) is 19.7 Å². The zero-order valence-corrected chi connectivity index (χ0v) is 16.3. The van der Waals surface area contributed by atoms with Crippen LogP contribution in [0.5, 0.6) is 5.75 Å². The molecule has 1 amide bonds. The maximum atomic E-state index is 12.4. The van der Waals surface area contributed by atoms with Gasteiger partial charge in [0.05, 0.1) is 18.6 Å². The molecule has 27 heavy (non-hydrogen) atoms. The summed E-state index contributed by atoms with van der Waals surface area (Å²) in [6, 6.07) is 9.44. The maximum absolute atomic E-state index is 12.4. The first-order chi connectivity index (χ1) is 13.1. The molecule has 8 heteroatoms. The monoisotopic (exact) mass is 383 g/mol. The molecule has 0 atom stereocenters. The van der Waals surface area contributed by atoms with Crippen LogP contribution in [0.25, 0.3) is 11.4 Å². The van der Waals surface area contributed by atoms with Gasteiger partial charge in [0.1, 0.15) is 5.75 Å². The topological polar surface area (TPSA) is 81.9 Å². The van der Waals surface area contributed by atoms with Crippen molar-refractivity contribution in [2.45, 2.75) is 25.5 Å². The van der Waals surface area contributed by atoms with Crippen LogP contribution in [0.15, 0.2) is 47.9 Å². The molecule has 0 radical (unpaired) electrons. The summed E-state index contributed by atoms with van der Waals surface area (Å²) < 4.78 is 7.29. The van der Waals surface area contributed by atoms with Gasteiger partial charge in [-0.05, 0) is 43.7 Å². The molecule has 0 saturated carbocycles. The fraction of sp³-hybridized carbons (Fsp3) is 0.263. The van der Waals surface area contributed by atoms with Crippen LogP contribution in [-0.4, -0.2) is 38.5 Å². The highest BCUT2D eigenvalue weighted by Crippen LogP contribution is 2.27. The number of carbonyl (C=O) groups excluding carboxylic acids is 1. The average molecular weight is 383 g/mol. The van der Waals surface area contributed by atoms with Crippen molar-refractivity contribution in [3.8, 4) is 17.1 Å². The lowest BCUT2D eigenvalue weighted by Gasteiger charge is -2.11. The molecule has 0 unspecified atom stereocenters. The van der Waals surface area contributed by atoms with Crippen molar-refractivity contribution in [3.05, 3.63) is 48.3 Å². The van der Waals surface area contributed by atoms with Crippen molar-refractivity contribution in [2.24, 2.45) is 0 Å². The van der Waals surface area contributed by atoms with E-state index in [1.807, 2.05) is 48.7 Å². The molecule has 3 rings (SSSR count). The van der Waals surface area contributed by atoms with E-state index in [-0.39, 0.29) is 11.7 Å². The van der Waals surface area contributed by atoms with Crippen LogP contribution in [0.1, 0.15) is 12.5 Å². The molecule has 3 aromatic rings. The van der Waals surface area contributed by atoms with E-state index >= 15 is 0 Å². The fourth-order valence-corrected chi connectivity index (χ4v) is 3.43. The van der Waals surface area contributed by atoms with Gasteiger partial charge in [0.25, 0.3) is 0 Å². The molecule has 1 N–H and O–H groups in total. The Labute approximate surface area is 162 Å². The number of aromatic nitrogens is 4. The first-order valence-electron chi connectivity index (χ1n) is 8.53. The van der Waals surface area contributed by atoms with Crippen LogP contribution < -0.4 is 10.1 Å². The Kier molecular flexibility index (Phi) is 6.08. The van der Waals surface area contributed by atoms with Gasteiger partial charge in [0, 0.05) is 24.5 Å². The summed E-state index contributed by atoms with van der Waals surface area (Å²) in [6.45, 7) is 4.70. The summed E-state index contributed by atoms with van der Waals surface area (Å²) in [7, 11) is 1.58. The third kappa shape index (κ3) is 4.46. The largest absolute Gasteiger partial charge is 0.495 e. The Morgan fingerprint density at radius 2 is 2.00 bits per heavy atom. The van der Waals surface area contributed by atoms with E-state index in [1.165, 1.54) is 11.8 Å². The van der Waals surface area contributed by atoms with Crippen LogP contribution in [-0.2, 0) is 11.3 Å². The van der Waals surface area contributed by atoms with E-state index in [1.54, 1.807) is 19.5 Å². The molecule has 7 nitrogen and oxygen atoms in total. The Bertz CT molecular complexity index is 927. The number of anilines is 1. The number of hydrogen-bond donors (Lipinski definition) is 1. The Morgan fingerprint density at radius 1 is 1.22 bits per heavy atom. The van der Waals surface area contributed by atoms with Gasteiger partial charge in [-0.15, -0.1) is 10.2 Å². The van der Waals surface area contributed by atoms with Crippen molar-refractivity contribution in [2.75, 3.05) is 18.2 Å². The normalized spacial score (nSPS) is 10.6. The molecule has 0 saturated heterocycles. The van der Waals surface area contributed by atoms with Crippen LogP contribution in [0, 0.1) is 6.92 Å². The number of aryl methyl sites for hydroxylation is 1. The maximum Gasteiger partial charge on any atom is 0.234 e. The smallest absolute Gasteiger partial charge is 0.234 e. The second-order valence-electron chi connectivity index (χ2n) is 5.83. The molecule has 2 aromatic heterocycles. The Morgan fingerprint density at radius 3 is 2.70 bits per heavy atom. The van der Waals surface area contributed by atoms with Gasteiger partial charge in [-0.1, -0.05) is 17.8 Å². The summed E-state index contributed by atoms with van der Waals surface area (Å²) in [5.74, 6) is 1.50. The summed E-state index contributed by atoms with van der Waals surface area (Å²) >= 11 is 1.35. The number of rotatable bonds is 7. The lowest BCUT2D eigenvalue weighted by Crippen LogP contribution is -2.15. The zero-order chi connectivity index (χ0) is 19.2. The lowest BCUT2D eigenvalue weighted by molar-refractivity contribution is -0.113.